The number of aliphatic imine (C=N–C) groups is 2. The molecular formula is C97H69Cl2F22N7O13S7. The molecule has 0 amide bonds. The Labute approximate surface area is 860 Å². The van der Waals surface area contributed by atoms with E-state index >= 15 is 0 Å². The molecule has 19 rings (SSSR count). The third-order valence-corrected chi connectivity index (χ3v) is 27.3. The summed E-state index contributed by atoms with van der Waals surface area (Å²) in [5.74, 6) is -50.6. The lowest BCUT2D eigenvalue weighted by Crippen LogP contribution is -2.28. The van der Waals surface area contributed by atoms with Crippen molar-refractivity contribution in [1.29, 1.82) is 0 Å². The van der Waals surface area contributed by atoms with E-state index in [2.05, 4.69) is 65.5 Å². The number of aromatic amines is 1. The predicted octanol–water partition coefficient (Wildman–Crippen LogP) is 25.1. The number of fused-ring (bicyclic) bond motifs is 4. The molecule has 0 aliphatic heterocycles. The number of esters is 3. The second kappa shape index (κ2) is 50.3. The summed E-state index contributed by atoms with van der Waals surface area (Å²) >= 11 is 25.1. The van der Waals surface area contributed by atoms with Gasteiger partial charge in [0.15, 0.2) is 127 Å². The molecular weight excluding hydrogens is 2180 g/mol. The van der Waals surface area contributed by atoms with Crippen molar-refractivity contribution in [3.8, 4) is 0 Å². The molecule has 0 saturated heterocycles. The number of ketones is 1. The fraction of sp³-hybridized carbons (Fsp3) is 0.258. The summed E-state index contributed by atoms with van der Waals surface area (Å²) in [5.41, 5.74) is -11.4. The van der Waals surface area contributed by atoms with Gasteiger partial charge in [-0.2, -0.15) is 0 Å². The van der Waals surface area contributed by atoms with Gasteiger partial charge in [-0.15, -0.1) is 0 Å². The Morgan fingerprint density at radius 3 is 1.21 bits per heavy atom. The van der Waals surface area contributed by atoms with Crippen molar-refractivity contribution in [2.45, 2.75) is 170 Å². The Morgan fingerprint density at radius 2 is 0.797 bits per heavy atom. The maximum Gasteiger partial charge on any atom is 0.344 e. The highest BCUT2D eigenvalue weighted by Crippen LogP contribution is 2.48. The van der Waals surface area contributed by atoms with Crippen LogP contribution < -0.4 is 27.2 Å². The fourth-order valence-corrected chi connectivity index (χ4v) is 19.7. The molecule has 4 heterocycles. The van der Waals surface area contributed by atoms with Crippen molar-refractivity contribution in [1.82, 2.24) is 23.4 Å². The van der Waals surface area contributed by atoms with Gasteiger partial charge in [0.05, 0.1) is 80.4 Å². The molecule has 6 aliphatic carbocycles. The summed E-state index contributed by atoms with van der Waals surface area (Å²) in [6.45, 7) is 4.08. The molecule has 780 valence electrons. The van der Waals surface area contributed by atoms with Crippen molar-refractivity contribution >= 4 is 191 Å². The SMILES string of the molecule is CCOC(=O)CC(=O)c1c(F)c(F)c(F)c(F)c1F.CCOC(=O)c1c(S(=O)c2ccccc2)n(C2CC2)c2c(F)c(F)c(F)c(F)c2c1=O.CCOC(=O)c1c(Sc2ccccc2)n(C2CC2)c2c(F)c(F)c(F)c(F)c2c1=O.ClC(=NC1CC1)Sc1ccccc1.O=C(Cl)c1c(F)c(F)c(F)c(F)c1F.O=c1[nH]sc2c1c(=O)c1c(F)c(F)c(F)c(F)c1n2C1CC1.S=C(NC1CC1)Sc1ccccc1.S=C=NC1CC1. The van der Waals surface area contributed by atoms with Crippen LogP contribution in [0.15, 0.2) is 180 Å². The highest BCUT2D eigenvalue weighted by molar-refractivity contribution is 8.23. The number of ether oxygens (including phenoxy) is 3. The number of rotatable bonds is 21. The van der Waals surface area contributed by atoms with Gasteiger partial charge < -0.3 is 33.2 Å². The maximum absolute atomic E-state index is 14.8. The van der Waals surface area contributed by atoms with Crippen LogP contribution in [-0.4, -0.2) is 103 Å². The first kappa shape index (κ1) is 114. The number of carbonyl (C=O) groups excluding carboxylic acids is 5. The summed E-state index contributed by atoms with van der Waals surface area (Å²) < 4.78 is 332. The van der Waals surface area contributed by atoms with Crippen LogP contribution in [0.3, 0.4) is 0 Å². The zero-order chi connectivity index (χ0) is 108. The predicted molar refractivity (Wildman–Crippen MR) is 514 cm³/mol. The molecule has 2 N–H and O–H groups in total. The number of aromatic nitrogens is 4. The summed E-state index contributed by atoms with van der Waals surface area (Å²) in [6, 6.07) is 37.1. The molecule has 1 atom stereocenters. The standard InChI is InChI=1S/C21H15F4NO4S.C21H15F4NO3S.C13H6F4N2O2S.C11H7F5O3.C10H10ClNS.C10H11NS2.C7ClF5O.C4H5NS/c1-2-30-21(28)13-19(27)12-14(22)15(23)16(24)17(25)18(12)26(10-8-9-10)20(13)31(29)11-6-4-3-5-7-11;1-2-29-21(28)13-19(27)12-14(22)15(23)16(24)17(25)18(12)26(10-8-9-10)20(13)30-11-6-4-3-5-7-11;14-6-4-10(9(17)8(16)7(6)15)19(3-1-2-3)13-5(11(4)20)12(21)18-22-13;1-2-19-5(18)3-4(17)6-7(12)9(14)11(16)10(15)8(6)13;11-10(12-8-6-7-8)13-9-4-2-1-3-5-9;12-10(11-8-6-7-8)13-9-4-2-1-3-5-9;8-7(14)1-2(9)4(11)6(13)5(12)3(1)10;6-3-5-4-1-2-4/h3-7,10H,2,8-9H2,1H3;3-7,10H,2,8-9H2,1H3;3H,1-2H2,(H,18,21);2-3H2,1H3;1-5,8H,6-7H2;1-5,8H,6-7H2,(H,11,12);;4H,1-2H2. The number of H-pyrrole nitrogens is 1. The van der Waals surface area contributed by atoms with E-state index in [1.807, 2.05) is 48.5 Å². The molecule has 9 aromatic carbocycles. The first-order chi connectivity index (χ1) is 70.4. The van der Waals surface area contributed by atoms with Gasteiger partial charge in [0.2, 0.25) is 27.9 Å². The van der Waals surface area contributed by atoms with E-state index in [1.165, 1.54) is 97.2 Å². The van der Waals surface area contributed by atoms with E-state index in [0.717, 1.165) is 37.1 Å². The lowest BCUT2D eigenvalue weighted by atomic mass is 10.1. The summed E-state index contributed by atoms with van der Waals surface area (Å²) in [4.78, 5) is 119. The lowest BCUT2D eigenvalue weighted by Gasteiger charge is -2.20. The Kier molecular flexibility index (Phi) is 38.9. The minimum atomic E-state index is -2.37. The molecule has 148 heavy (non-hydrogen) atoms. The van der Waals surface area contributed by atoms with E-state index in [0.29, 0.717) is 66.0 Å². The van der Waals surface area contributed by atoms with Gasteiger partial charge in [-0.1, -0.05) is 132 Å². The Bertz CT molecular complexity index is 7720. The first-order valence-corrected chi connectivity index (χ1v) is 49.7. The van der Waals surface area contributed by atoms with Crippen LogP contribution in [0.5, 0.6) is 0 Å². The van der Waals surface area contributed by atoms with Crippen LogP contribution in [-0.2, 0) is 29.8 Å². The molecule has 51 heteroatoms. The molecule has 13 aromatic rings. The van der Waals surface area contributed by atoms with Gasteiger partial charge in [0.1, 0.15) is 53.5 Å². The van der Waals surface area contributed by atoms with Crippen LogP contribution in [0, 0.1) is 128 Å². The van der Waals surface area contributed by atoms with Gasteiger partial charge in [-0.3, -0.25) is 42.9 Å². The smallest absolute Gasteiger partial charge is 0.344 e. The molecule has 20 nitrogen and oxygen atoms in total. The van der Waals surface area contributed by atoms with E-state index in [9.17, 15) is 144 Å². The number of pyridine rings is 3. The van der Waals surface area contributed by atoms with Crippen molar-refractivity contribution in [2.75, 3.05) is 19.8 Å². The number of halogens is 24. The fourth-order valence-electron chi connectivity index (χ4n) is 13.6. The largest absolute Gasteiger partial charge is 0.466 e. The monoisotopic (exact) mass is 2250 g/mol. The number of nitrogens with one attached hydrogen (secondary N) is 2. The van der Waals surface area contributed by atoms with Gasteiger partial charge in [-0.25, -0.2) is 115 Å². The van der Waals surface area contributed by atoms with Gasteiger partial charge in [-0.05, 0) is 182 Å². The molecule has 0 spiro atoms. The Balaban J connectivity index is 0.000000155. The minimum absolute atomic E-state index is 0.00366. The van der Waals surface area contributed by atoms with Crippen LogP contribution in [0.4, 0.5) is 96.6 Å². The summed E-state index contributed by atoms with van der Waals surface area (Å²) in [5, 5.41) is 0.0264. The number of thioether (sulfide) groups is 2. The average Bonchev–Trinajstić information content (AvgIpc) is 1.61. The Morgan fingerprint density at radius 1 is 0.432 bits per heavy atom. The van der Waals surface area contributed by atoms with E-state index in [1.54, 1.807) is 60.3 Å². The third kappa shape index (κ3) is 26.4. The number of isothiocyanates is 1. The average molecular weight is 2250 g/mol. The highest BCUT2D eigenvalue weighted by atomic mass is 35.5. The second-order valence-electron chi connectivity index (χ2n) is 31.9. The van der Waals surface area contributed by atoms with Crippen LogP contribution >= 0.6 is 94.5 Å². The number of nitrogens with zero attached hydrogens (tertiary/aromatic N) is 5. The lowest BCUT2D eigenvalue weighted by molar-refractivity contribution is -0.142. The van der Waals surface area contributed by atoms with E-state index < -0.39 is 268 Å². The normalized spacial score (nSPS) is 14.1. The van der Waals surface area contributed by atoms with Crippen LogP contribution in [0.25, 0.3) is 42.9 Å². The van der Waals surface area contributed by atoms with Crippen molar-refractivity contribution in [3.05, 3.63) is 313 Å². The first-order valence-electron chi connectivity index (χ1n) is 43.7. The molecule has 6 aliphatic rings. The quantitative estimate of drug-likeness (QED) is 0.00550. The zero-order valence-corrected chi connectivity index (χ0v) is 83.0. The highest BCUT2D eigenvalue weighted by Gasteiger charge is 2.43. The van der Waals surface area contributed by atoms with Crippen molar-refractivity contribution in [3.63, 3.8) is 0 Å². The number of benzene rings is 9. The Hall–Kier alpha value is -12.4. The number of Topliss-reactive ketones (excluding diaryl/α,β-unsaturated/α-hetero) is 1. The molecule has 4 aromatic heterocycles. The minimum Gasteiger partial charge on any atom is -0.466 e. The summed E-state index contributed by atoms with van der Waals surface area (Å²) in [6.07, 6.45) is 9.42. The number of hydrogen-bond acceptors (Lipinski definition) is 21. The van der Waals surface area contributed by atoms with Gasteiger partial charge in [0, 0.05) is 43.7 Å². The number of thiocarbonyl (C=S) groups is 2. The van der Waals surface area contributed by atoms with E-state index in [4.69, 9.17) is 33.3 Å². The topological polar surface area (TPSA) is 266 Å². The van der Waals surface area contributed by atoms with Gasteiger partial charge in [0.25, 0.3) is 10.8 Å². The molecule has 1 unspecified atom stereocenters. The number of carbonyl (C=O) groups is 5. The maximum atomic E-state index is 14.8. The van der Waals surface area contributed by atoms with Crippen molar-refractivity contribution < 1.29 is 139 Å². The number of hydrogen-bond donors (Lipinski definition) is 2. The van der Waals surface area contributed by atoms with Gasteiger partial charge >= 0.3 is 17.9 Å². The molecule has 6 saturated carbocycles. The summed E-state index contributed by atoms with van der Waals surface area (Å²) in [7, 11) is -2.21. The third-order valence-electron chi connectivity index (χ3n) is 21.3. The molecule has 0 bridgehead atoms. The molecule has 6 fully saturated rings. The molecule has 0 radical (unpaired) electrons. The van der Waals surface area contributed by atoms with E-state index in [-0.39, 0.29) is 46.0 Å². The second-order valence-corrected chi connectivity index (χ2v) is 39.1. The van der Waals surface area contributed by atoms with Crippen molar-refractivity contribution in [2.24, 2.45) is 9.98 Å². The van der Waals surface area contributed by atoms with Crippen LogP contribution in [0.2, 0.25) is 0 Å². The zero-order valence-electron chi connectivity index (χ0n) is 75.8. The van der Waals surface area contributed by atoms with Crippen LogP contribution in [0.1, 0.15) is 164 Å².